The zero-order valence-corrected chi connectivity index (χ0v) is 24.2. The molecule has 0 bridgehead atoms. The van der Waals surface area contributed by atoms with Crippen LogP contribution < -0.4 is 4.90 Å². The Balaban J connectivity index is 1.51. The number of carbonyl (C=O) groups excluding carboxylic acids is 1. The Morgan fingerprint density at radius 3 is 2.27 bits per heavy atom. The second kappa shape index (κ2) is 10.2. The van der Waals surface area contributed by atoms with E-state index in [1.54, 1.807) is 18.2 Å². The van der Waals surface area contributed by atoms with Crippen molar-refractivity contribution < 1.29 is 17.6 Å². The standard InChI is InChI=1S/C32H30N4O4S/c1-20-19-36(21(2)33-20)29-15-12-25(24-7-5-8-27(17-24)41(4,38)39)18-28(29)31-32(40-22(3)34-31)23-10-13-26(14-11-23)35-16-6-9-30(35)37/h5,7-8,10-15,17-19H,6,9,16H2,1-4H3. The second-order valence-corrected chi connectivity index (χ2v) is 12.5. The van der Waals surface area contributed by atoms with Gasteiger partial charge in [-0.25, -0.2) is 18.4 Å². The van der Waals surface area contributed by atoms with Crippen LogP contribution in [-0.2, 0) is 14.6 Å². The van der Waals surface area contributed by atoms with Gasteiger partial charge in [-0.3, -0.25) is 4.79 Å². The maximum Gasteiger partial charge on any atom is 0.227 e. The first-order valence-corrected chi connectivity index (χ1v) is 15.3. The molecule has 1 saturated heterocycles. The van der Waals surface area contributed by atoms with Crippen molar-refractivity contribution >= 4 is 21.4 Å². The van der Waals surface area contributed by atoms with Crippen LogP contribution in [0.3, 0.4) is 0 Å². The van der Waals surface area contributed by atoms with Crippen molar-refractivity contribution in [3.8, 4) is 39.4 Å². The molecule has 0 aliphatic carbocycles. The molecule has 0 atom stereocenters. The van der Waals surface area contributed by atoms with Crippen molar-refractivity contribution in [2.45, 2.75) is 38.5 Å². The Hall–Kier alpha value is -4.50. The van der Waals surface area contributed by atoms with Gasteiger partial charge in [-0.15, -0.1) is 0 Å². The molecule has 0 spiro atoms. The van der Waals surface area contributed by atoms with Crippen molar-refractivity contribution in [3.63, 3.8) is 0 Å². The highest BCUT2D eigenvalue weighted by molar-refractivity contribution is 7.90. The Morgan fingerprint density at radius 2 is 1.61 bits per heavy atom. The number of hydrogen-bond acceptors (Lipinski definition) is 6. The minimum absolute atomic E-state index is 0.140. The minimum atomic E-state index is -3.37. The van der Waals surface area contributed by atoms with Gasteiger partial charge in [0.25, 0.3) is 0 Å². The Morgan fingerprint density at radius 1 is 0.878 bits per heavy atom. The van der Waals surface area contributed by atoms with Crippen molar-refractivity contribution in [3.05, 3.63) is 90.3 Å². The molecular weight excluding hydrogens is 536 g/mol. The first kappa shape index (κ1) is 26.7. The van der Waals surface area contributed by atoms with E-state index in [1.165, 1.54) is 6.26 Å². The molecule has 208 valence electrons. The van der Waals surface area contributed by atoms with Gasteiger partial charge in [0.2, 0.25) is 5.91 Å². The van der Waals surface area contributed by atoms with E-state index < -0.39 is 9.84 Å². The van der Waals surface area contributed by atoms with Crippen LogP contribution in [0.4, 0.5) is 5.69 Å². The number of aryl methyl sites for hydroxylation is 3. The number of anilines is 1. The minimum Gasteiger partial charge on any atom is -0.440 e. The molecule has 41 heavy (non-hydrogen) atoms. The zero-order valence-electron chi connectivity index (χ0n) is 23.4. The average Bonchev–Trinajstić information content (AvgIpc) is 3.65. The summed E-state index contributed by atoms with van der Waals surface area (Å²) in [4.78, 5) is 23.8. The summed E-state index contributed by atoms with van der Waals surface area (Å²) in [5.41, 5.74) is 6.57. The van der Waals surface area contributed by atoms with E-state index in [-0.39, 0.29) is 10.8 Å². The third-order valence-electron chi connectivity index (χ3n) is 7.36. The van der Waals surface area contributed by atoms with Crippen LogP contribution in [0.2, 0.25) is 0 Å². The number of amides is 1. The van der Waals surface area contributed by atoms with Gasteiger partial charge in [-0.05, 0) is 79.9 Å². The largest absolute Gasteiger partial charge is 0.440 e. The van der Waals surface area contributed by atoms with E-state index in [1.807, 2.05) is 85.0 Å². The topological polar surface area (TPSA) is 98.3 Å². The maximum absolute atomic E-state index is 12.3. The SMILES string of the molecule is Cc1cn(-c2ccc(-c3cccc(S(C)(=O)=O)c3)cc2-c2nc(C)oc2-c2ccc(N3CCCC3=O)cc2)c(C)n1. The first-order valence-electron chi connectivity index (χ1n) is 13.4. The molecular formula is C32H30N4O4S. The van der Waals surface area contributed by atoms with Crippen LogP contribution in [0.15, 0.2) is 82.2 Å². The number of nitrogens with zero attached hydrogens (tertiary/aromatic N) is 4. The highest BCUT2D eigenvalue weighted by Gasteiger charge is 2.24. The lowest BCUT2D eigenvalue weighted by atomic mass is 9.98. The Bertz CT molecular complexity index is 1900. The monoisotopic (exact) mass is 566 g/mol. The van der Waals surface area contributed by atoms with Crippen molar-refractivity contribution in [1.29, 1.82) is 0 Å². The fourth-order valence-corrected chi connectivity index (χ4v) is 6.07. The van der Waals surface area contributed by atoms with Gasteiger partial charge < -0.3 is 13.9 Å². The molecule has 1 fully saturated rings. The number of rotatable bonds is 6. The second-order valence-electron chi connectivity index (χ2n) is 10.4. The average molecular weight is 567 g/mol. The van der Waals surface area contributed by atoms with Gasteiger partial charge in [0.05, 0.1) is 16.3 Å². The fourth-order valence-electron chi connectivity index (χ4n) is 5.40. The molecule has 3 heterocycles. The summed E-state index contributed by atoms with van der Waals surface area (Å²) in [7, 11) is -3.37. The van der Waals surface area contributed by atoms with E-state index in [2.05, 4.69) is 4.98 Å². The van der Waals surface area contributed by atoms with Crippen LogP contribution in [0.25, 0.3) is 39.4 Å². The molecule has 2 aromatic heterocycles. The zero-order chi connectivity index (χ0) is 28.9. The number of hydrogen-bond donors (Lipinski definition) is 0. The predicted molar refractivity (Wildman–Crippen MR) is 159 cm³/mol. The van der Waals surface area contributed by atoms with Crippen LogP contribution >= 0.6 is 0 Å². The molecule has 0 radical (unpaired) electrons. The molecule has 1 aliphatic rings. The van der Waals surface area contributed by atoms with E-state index in [9.17, 15) is 13.2 Å². The molecule has 3 aromatic carbocycles. The summed E-state index contributed by atoms with van der Waals surface area (Å²) < 4.78 is 32.7. The molecule has 0 N–H and O–H groups in total. The number of aromatic nitrogens is 3. The molecule has 9 heteroatoms. The van der Waals surface area contributed by atoms with Crippen LogP contribution in [0.5, 0.6) is 0 Å². The van der Waals surface area contributed by atoms with Crippen LogP contribution in [0.1, 0.15) is 30.3 Å². The number of carbonyl (C=O) groups is 1. The summed E-state index contributed by atoms with van der Waals surface area (Å²) >= 11 is 0. The molecule has 8 nitrogen and oxygen atoms in total. The maximum atomic E-state index is 12.3. The van der Waals surface area contributed by atoms with Crippen LogP contribution in [0, 0.1) is 20.8 Å². The molecule has 1 aliphatic heterocycles. The summed E-state index contributed by atoms with van der Waals surface area (Å²) in [6, 6.07) is 20.7. The molecule has 0 unspecified atom stereocenters. The normalized spacial score (nSPS) is 13.8. The smallest absolute Gasteiger partial charge is 0.227 e. The quantitative estimate of drug-likeness (QED) is 0.239. The number of oxazole rings is 1. The summed E-state index contributed by atoms with van der Waals surface area (Å²) in [5.74, 6) is 2.10. The highest BCUT2D eigenvalue weighted by atomic mass is 32.2. The van der Waals surface area contributed by atoms with E-state index >= 15 is 0 Å². The first-order chi connectivity index (χ1) is 19.6. The van der Waals surface area contributed by atoms with Crippen molar-refractivity contribution in [1.82, 2.24) is 14.5 Å². The lowest BCUT2D eigenvalue weighted by Crippen LogP contribution is -2.23. The van der Waals surface area contributed by atoms with Crippen molar-refractivity contribution in [2.24, 2.45) is 0 Å². The van der Waals surface area contributed by atoms with E-state index in [4.69, 9.17) is 9.40 Å². The Labute approximate surface area is 239 Å². The van der Waals surface area contributed by atoms with E-state index in [0.29, 0.717) is 23.8 Å². The fraction of sp³-hybridized carbons (Fsp3) is 0.219. The van der Waals surface area contributed by atoms with E-state index in [0.717, 1.165) is 58.1 Å². The summed E-state index contributed by atoms with van der Waals surface area (Å²) in [6.07, 6.45) is 4.63. The number of imidazole rings is 1. The molecule has 5 aromatic rings. The van der Waals surface area contributed by atoms with Gasteiger partial charge in [0, 0.05) is 49.2 Å². The van der Waals surface area contributed by atoms with Gasteiger partial charge in [0.1, 0.15) is 11.5 Å². The van der Waals surface area contributed by atoms with Gasteiger partial charge >= 0.3 is 0 Å². The summed E-state index contributed by atoms with van der Waals surface area (Å²) in [6.45, 7) is 6.45. The molecule has 6 rings (SSSR count). The molecule has 1 amide bonds. The van der Waals surface area contributed by atoms with Crippen LogP contribution in [-0.4, -0.2) is 41.7 Å². The Kier molecular flexibility index (Phi) is 6.62. The molecule has 0 saturated carbocycles. The van der Waals surface area contributed by atoms with Gasteiger partial charge in [-0.2, -0.15) is 0 Å². The highest BCUT2D eigenvalue weighted by Crippen LogP contribution is 2.39. The number of benzene rings is 3. The lowest BCUT2D eigenvalue weighted by Gasteiger charge is -2.16. The number of sulfone groups is 1. The van der Waals surface area contributed by atoms with Gasteiger partial charge in [0.15, 0.2) is 21.5 Å². The lowest BCUT2D eigenvalue weighted by molar-refractivity contribution is -0.117. The summed E-state index contributed by atoms with van der Waals surface area (Å²) in [5, 5.41) is 0. The van der Waals surface area contributed by atoms with Crippen molar-refractivity contribution in [2.75, 3.05) is 17.7 Å². The predicted octanol–water partition coefficient (Wildman–Crippen LogP) is 6.32. The third-order valence-corrected chi connectivity index (χ3v) is 8.47. The third kappa shape index (κ3) is 5.09. The van der Waals surface area contributed by atoms with Gasteiger partial charge in [-0.1, -0.05) is 18.2 Å².